The van der Waals surface area contributed by atoms with Crippen LogP contribution in [0.5, 0.6) is 17.2 Å². The maximum atomic E-state index is 12.3. The van der Waals surface area contributed by atoms with Gasteiger partial charge in [0.1, 0.15) is 6.04 Å². The van der Waals surface area contributed by atoms with E-state index in [4.69, 9.17) is 14.2 Å². The summed E-state index contributed by atoms with van der Waals surface area (Å²) in [5, 5.41) is 12.3. The minimum atomic E-state index is -0.805. The number of nitrogens with one attached hydrogen (secondary N) is 1. The van der Waals surface area contributed by atoms with Crippen LogP contribution in [0.3, 0.4) is 0 Å². The van der Waals surface area contributed by atoms with Gasteiger partial charge in [0.15, 0.2) is 11.5 Å². The highest BCUT2D eigenvalue weighted by Crippen LogP contribution is 2.39. The van der Waals surface area contributed by atoms with E-state index in [1.54, 1.807) is 12.1 Å². The minimum Gasteiger partial charge on any atom is -0.493 e. The molecule has 0 fully saturated rings. The maximum Gasteiger partial charge on any atom is 0.221 e. The standard InChI is InChI=1S/C22H26N2O4/c1-15-8-10-16(11-9-15)6-5-7-21(25)24-18(14-23)17-12-19(26-2)22(28-4)20(13-17)27-3/h8-13,18H,5-7H2,1-4H3,(H,24,25). The van der Waals surface area contributed by atoms with Gasteiger partial charge in [-0.2, -0.15) is 5.26 Å². The average molecular weight is 382 g/mol. The number of hydrogen-bond acceptors (Lipinski definition) is 5. The summed E-state index contributed by atoms with van der Waals surface area (Å²) in [6, 6.07) is 12.9. The van der Waals surface area contributed by atoms with Crippen molar-refractivity contribution in [2.24, 2.45) is 0 Å². The zero-order valence-corrected chi connectivity index (χ0v) is 16.7. The molecule has 28 heavy (non-hydrogen) atoms. The van der Waals surface area contributed by atoms with Crippen LogP contribution in [0.1, 0.15) is 35.6 Å². The topological polar surface area (TPSA) is 80.6 Å². The number of benzene rings is 2. The number of nitriles is 1. The molecule has 1 atom stereocenters. The van der Waals surface area contributed by atoms with E-state index in [9.17, 15) is 10.1 Å². The summed E-state index contributed by atoms with van der Waals surface area (Å²) in [7, 11) is 4.52. The molecule has 0 aliphatic carbocycles. The molecule has 0 bridgehead atoms. The highest BCUT2D eigenvalue weighted by atomic mass is 16.5. The van der Waals surface area contributed by atoms with Crippen LogP contribution in [0, 0.1) is 18.3 Å². The molecule has 6 nitrogen and oxygen atoms in total. The molecule has 2 aromatic carbocycles. The second-order valence-corrected chi connectivity index (χ2v) is 6.43. The second-order valence-electron chi connectivity index (χ2n) is 6.43. The highest BCUT2D eigenvalue weighted by molar-refractivity contribution is 5.77. The van der Waals surface area contributed by atoms with Gasteiger partial charge in [0, 0.05) is 6.42 Å². The lowest BCUT2D eigenvalue weighted by Crippen LogP contribution is -2.27. The average Bonchev–Trinajstić information content (AvgIpc) is 2.72. The third-order valence-corrected chi connectivity index (χ3v) is 4.44. The van der Waals surface area contributed by atoms with E-state index in [0.29, 0.717) is 35.7 Å². The van der Waals surface area contributed by atoms with Gasteiger partial charge in [-0.25, -0.2) is 0 Å². The van der Waals surface area contributed by atoms with Crippen molar-refractivity contribution in [1.82, 2.24) is 5.32 Å². The van der Waals surface area contributed by atoms with Gasteiger partial charge in [0.05, 0.1) is 27.4 Å². The molecule has 2 rings (SSSR count). The summed E-state index contributed by atoms with van der Waals surface area (Å²) in [5.74, 6) is 1.14. The zero-order chi connectivity index (χ0) is 20.5. The molecule has 0 aliphatic heterocycles. The predicted molar refractivity (Wildman–Crippen MR) is 107 cm³/mol. The molecule has 0 saturated carbocycles. The van der Waals surface area contributed by atoms with Gasteiger partial charge in [-0.15, -0.1) is 0 Å². The van der Waals surface area contributed by atoms with E-state index in [-0.39, 0.29) is 5.91 Å². The predicted octanol–water partition coefficient (Wildman–Crippen LogP) is 3.72. The molecular weight excluding hydrogens is 356 g/mol. The Kier molecular flexibility index (Phi) is 7.70. The van der Waals surface area contributed by atoms with Crippen LogP contribution in [0.25, 0.3) is 0 Å². The molecule has 0 saturated heterocycles. The van der Waals surface area contributed by atoms with Crippen LogP contribution in [0.4, 0.5) is 0 Å². The molecule has 0 aromatic heterocycles. The van der Waals surface area contributed by atoms with Crippen LogP contribution in [-0.2, 0) is 11.2 Å². The van der Waals surface area contributed by atoms with E-state index in [0.717, 1.165) is 6.42 Å². The Labute approximate surface area is 166 Å². The van der Waals surface area contributed by atoms with Gasteiger partial charge in [0.2, 0.25) is 11.7 Å². The lowest BCUT2D eigenvalue weighted by atomic mass is 10.0. The Bertz CT molecular complexity index is 816. The van der Waals surface area contributed by atoms with Crippen molar-refractivity contribution in [3.63, 3.8) is 0 Å². The first-order chi connectivity index (χ1) is 13.5. The fraction of sp³-hybridized carbons (Fsp3) is 0.364. The van der Waals surface area contributed by atoms with Crippen molar-refractivity contribution in [1.29, 1.82) is 5.26 Å². The molecule has 1 unspecified atom stereocenters. The fourth-order valence-corrected chi connectivity index (χ4v) is 2.90. The SMILES string of the molecule is COc1cc(C(C#N)NC(=O)CCCc2ccc(C)cc2)cc(OC)c1OC. The Hall–Kier alpha value is -3.20. The van der Waals surface area contributed by atoms with Crippen LogP contribution in [0.2, 0.25) is 0 Å². The van der Waals surface area contributed by atoms with Gasteiger partial charge in [-0.3, -0.25) is 4.79 Å². The van der Waals surface area contributed by atoms with E-state index in [2.05, 4.69) is 35.7 Å². The van der Waals surface area contributed by atoms with Crippen molar-refractivity contribution in [3.05, 3.63) is 53.1 Å². The zero-order valence-electron chi connectivity index (χ0n) is 16.7. The number of rotatable bonds is 9. The first-order valence-electron chi connectivity index (χ1n) is 9.06. The van der Waals surface area contributed by atoms with E-state index in [1.165, 1.54) is 32.5 Å². The first kappa shape index (κ1) is 21.1. The number of aryl methyl sites for hydroxylation is 2. The molecule has 2 aromatic rings. The molecule has 0 spiro atoms. The third kappa shape index (κ3) is 5.40. The molecule has 6 heteroatoms. The quantitative estimate of drug-likeness (QED) is 0.715. The van der Waals surface area contributed by atoms with Crippen molar-refractivity contribution in [3.8, 4) is 23.3 Å². The lowest BCUT2D eigenvalue weighted by molar-refractivity contribution is -0.121. The lowest BCUT2D eigenvalue weighted by Gasteiger charge is -2.17. The smallest absolute Gasteiger partial charge is 0.221 e. The summed E-state index contributed by atoms with van der Waals surface area (Å²) in [4.78, 5) is 12.3. The van der Waals surface area contributed by atoms with Gasteiger partial charge in [-0.1, -0.05) is 29.8 Å². The molecule has 0 radical (unpaired) electrons. The highest BCUT2D eigenvalue weighted by Gasteiger charge is 2.20. The Morgan fingerprint density at radius 2 is 1.68 bits per heavy atom. The Morgan fingerprint density at radius 1 is 1.07 bits per heavy atom. The summed E-state index contributed by atoms with van der Waals surface area (Å²) >= 11 is 0. The molecule has 148 valence electrons. The number of carbonyl (C=O) groups excluding carboxylic acids is 1. The van der Waals surface area contributed by atoms with Crippen molar-refractivity contribution in [2.45, 2.75) is 32.2 Å². The van der Waals surface area contributed by atoms with Crippen LogP contribution in [-0.4, -0.2) is 27.2 Å². The van der Waals surface area contributed by atoms with E-state index in [1.807, 2.05) is 6.92 Å². The number of ether oxygens (including phenoxy) is 3. The normalized spacial score (nSPS) is 11.2. The van der Waals surface area contributed by atoms with E-state index >= 15 is 0 Å². The van der Waals surface area contributed by atoms with Gasteiger partial charge >= 0.3 is 0 Å². The fourth-order valence-electron chi connectivity index (χ4n) is 2.90. The summed E-state index contributed by atoms with van der Waals surface area (Å²) in [6.07, 6.45) is 1.87. The van der Waals surface area contributed by atoms with Crippen molar-refractivity contribution in [2.75, 3.05) is 21.3 Å². The molecule has 1 N–H and O–H groups in total. The molecule has 0 aliphatic rings. The minimum absolute atomic E-state index is 0.174. The van der Waals surface area contributed by atoms with Gasteiger partial charge in [0.25, 0.3) is 0 Å². The Morgan fingerprint density at radius 3 is 2.18 bits per heavy atom. The van der Waals surface area contributed by atoms with Crippen LogP contribution in [0.15, 0.2) is 36.4 Å². The van der Waals surface area contributed by atoms with Crippen molar-refractivity contribution < 1.29 is 19.0 Å². The second kappa shape index (κ2) is 10.2. The largest absolute Gasteiger partial charge is 0.493 e. The van der Waals surface area contributed by atoms with Crippen LogP contribution < -0.4 is 19.5 Å². The Balaban J connectivity index is 2.02. The van der Waals surface area contributed by atoms with Crippen LogP contribution >= 0.6 is 0 Å². The number of hydrogen-bond donors (Lipinski definition) is 1. The first-order valence-corrected chi connectivity index (χ1v) is 9.06. The summed E-state index contributed by atoms with van der Waals surface area (Å²) < 4.78 is 15.9. The summed E-state index contributed by atoms with van der Waals surface area (Å²) in [5.41, 5.74) is 2.98. The van der Waals surface area contributed by atoms with Crippen molar-refractivity contribution >= 4 is 5.91 Å². The molecule has 0 heterocycles. The summed E-state index contributed by atoms with van der Waals surface area (Å²) in [6.45, 7) is 2.04. The third-order valence-electron chi connectivity index (χ3n) is 4.44. The van der Waals surface area contributed by atoms with Gasteiger partial charge in [-0.05, 0) is 43.0 Å². The number of carbonyl (C=O) groups is 1. The van der Waals surface area contributed by atoms with Gasteiger partial charge < -0.3 is 19.5 Å². The molecule has 1 amide bonds. The number of methoxy groups -OCH3 is 3. The number of amides is 1. The maximum absolute atomic E-state index is 12.3. The molecular formula is C22H26N2O4. The monoisotopic (exact) mass is 382 g/mol. The van der Waals surface area contributed by atoms with E-state index < -0.39 is 6.04 Å². The number of nitrogens with zero attached hydrogens (tertiary/aromatic N) is 1.